The molecule has 0 radical (unpaired) electrons. The zero-order chi connectivity index (χ0) is 19.7. The molecule has 146 valence electrons. The maximum absolute atomic E-state index is 13.3. The van der Waals surface area contributed by atoms with Crippen LogP contribution in [0, 0.1) is 0 Å². The van der Waals surface area contributed by atoms with Crippen molar-refractivity contribution in [1.29, 1.82) is 0 Å². The van der Waals surface area contributed by atoms with E-state index in [9.17, 15) is 9.59 Å². The Labute approximate surface area is 168 Å². The molecule has 2 aromatic rings. The molecule has 1 saturated carbocycles. The number of nitrogens with one attached hydrogen (secondary N) is 1. The number of carbonyl (C=O) groups excluding carboxylic acids is 2. The highest BCUT2D eigenvalue weighted by Crippen LogP contribution is 2.35. The SMILES string of the molecule is COc1ccc(OC)c(CN(C(=O)c2ccc3c(c2)NC(=O)CS3)C2CC2)c1. The summed E-state index contributed by atoms with van der Waals surface area (Å²) in [7, 11) is 3.24. The van der Waals surface area contributed by atoms with Crippen LogP contribution in [0.1, 0.15) is 28.8 Å². The second-order valence-corrected chi connectivity index (χ2v) is 7.91. The van der Waals surface area contributed by atoms with Crippen molar-refractivity contribution in [3.8, 4) is 11.5 Å². The Kier molecular flexibility index (Phi) is 5.17. The van der Waals surface area contributed by atoms with E-state index in [1.165, 1.54) is 11.8 Å². The molecule has 2 amide bonds. The van der Waals surface area contributed by atoms with Crippen molar-refractivity contribution >= 4 is 29.3 Å². The maximum Gasteiger partial charge on any atom is 0.254 e. The summed E-state index contributed by atoms with van der Waals surface area (Å²) < 4.78 is 10.8. The summed E-state index contributed by atoms with van der Waals surface area (Å²) in [6.45, 7) is 0.446. The number of hydrogen-bond donors (Lipinski definition) is 1. The Morgan fingerprint density at radius 3 is 2.71 bits per heavy atom. The van der Waals surface area contributed by atoms with Gasteiger partial charge in [0.25, 0.3) is 5.91 Å². The van der Waals surface area contributed by atoms with Crippen molar-refractivity contribution in [2.24, 2.45) is 0 Å². The zero-order valence-electron chi connectivity index (χ0n) is 15.9. The van der Waals surface area contributed by atoms with Gasteiger partial charge in [0, 0.05) is 22.1 Å². The van der Waals surface area contributed by atoms with Gasteiger partial charge in [-0.15, -0.1) is 11.8 Å². The standard InChI is InChI=1S/C21H22N2O4S/c1-26-16-6-7-18(27-2)14(9-16)11-23(15-4-5-15)21(25)13-3-8-19-17(10-13)22-20(24)12-28-19/h3,6-10,15H,4-5,11-12H2,1-2H3,(H,22,24). The third-order valence-electron chi connectivity index (χ3n) is 4.94. The average molecular weight is 398 g/mol. The second-order valence-electron chi connectivity index (χ2n) is 6.89. The molecule has 0 aromatic heterocycles. The predicted molar refractivity (Wildman–Crippen MR) is 108 cm³/mol. The first-order valence-corrected chi connectivity index (χ1v) is 10.2. The molecule has 2 aromatic carbocycles. The smallest absolute Gasteiger partial charge is 0.254 e. The first-order valence-electron chi connectivity index (χ1n) is 9.17. The molecule has 6 nitrogen and oxygen atoms in total. The summed E-state index contributed by atoms with van der Waals surface area (Å²) >= 11 is 1.49. The maximum atomic E-state index is 13.3. The number of nitrogens with zero attached hydrogens (tertiary/aromatic N) is 1. The fourth-order valence-corrected chi connectivity index (χ4v) is 4.11. The van der Waals surface area contributed by atoms with Gasteiger partial charge in [-0.1, -0.05) is 0 Å². The van der Waals surface area contributed by atoms with E-state index in [0.29, 0.717) is 23.5 Å². The molecule has 0 spiro atoms. The highest BCUT2D eigenvalue weighted by molar-refractivity contribution is 8.00. The molecule has 0 bridgehead atoms. The van der Waals surface area contributed by atoms with E-state index in [1.807, 2.05) is 35.2 Å². The van der Waals surface area contributed by atoms with Crippen LogP contribution < -0.4 is 14.8 Å². The lowest BCUT2D eigenvalue weighted by Gasteiger charge is -2.25. The van der Waals surface area contributed by atoms with Crippen LogP contribution >= 0.6 is 11.8 Å². The fourth-order valence-electron chi connectivity index (χ4n) is 3.32. The number of methoxy groups -OCH3 is 2. The monoisotopic (exact) mass is 398 g/mol. The minimum absolute atomic E-state index is 0.0396. The molecule has 28 heavy (non-hydrogen) atoms. The van der Waals surface area contributed by atoms with E-state index in [4.69, 9.17) is 9.47 Å². The van der Waals surface area contributed by atoms with E-state index in [0.717, 1.165) is 34.8 Å². The molecule has 2 aliphatic rings. The summed E-state index contributed by atoms with van der Waals surface area (Å²) in [5.41, 5.74) is 2.20. The van der Waals surface area contributed by atoms with Gasteiger partial charge < -0.3 is 19.7 Å². The Morgan fingerprint density at radius 1 is 1.18 bits per heavy atom. The average Bonchev–Trinajstić information content (AvgIpc) is 3.55. The van der Waals surface area contributed by atoms with Crippen LogP contribution in [0.2, 0.25) is 0 Å². The van der Waals surface area contributed by atoms with Gasteiger partial charge in [-0.25, -0.2) is 0 Å². The van der Waals surface area contributed by atoms with Gasteiger partial charge in [0.15, 0.2) is 0 Å². The van der Waals surface area contributed by atoms with Crippen molar-refractivity contribution in [3.63, 3.8) is 0 Å². The third kappa shape index (κ3) is 3.80. The van der Waals surface area contributed by atoms with E-state index in [1.54, 1.807) is 20.3 Å². The lowest BCUT2D eigenvalue weighted by molar-refractivity contribution is -0.113. The summed E-state index contributed by atoms with van der Waals surface area (Å²) in [6.07, 6.45) is 1.99. The minimum atomic E-state index is -0.0417. The Morgan fingerprint density at radius 2 is 2.00 bits per heavy atom. The van der Waals surface area contributed by atoms with Crippen LogP contribution in [0.3, 0.4) is 0 Å². The molecule has 0 atom stereocenters. The molecule has 1 aliphatic heterocycles. The van der Waals surface area contributed by atoms with Crippen molar-refractivity contribution in [3.05, 3.63) is 47.5 Å². The lowest BCUT2D eigenvalue weighted by atomic mass is 10.1. The van der Waals surface area contributed by atoms with Gasteiger partial charge >= 0.3 is 0 Å². The van der Waals surface area contributed by atoms with Crippen LogP contribution in [0.5, 0.6) is 11.5 Å². The Hall–Kier alpha value is -2.67. The minimum Gasteiger partial charge on any atom is -0.497 e. The number of hydrogen-bond acceptors (Lipinski definition) is 5. The number of anilines is 1. The number of carbonyl (C=O) groups is 2. The normalized spacial score (nSPS) is 15.4. The van der Waals surface area contributed by atoms with Crippen LogP contribution in [0.25, 0.3) is 0 Å². The number of amides is 2. The first-order chi connectivity index (χ1) is 13.6. The van der Waals surface area contributed by atoms with Crippen LogP contribution in [-0.4, -0.2) is 42.7 Å². The molecule has 1 N–H and O–H groups in total. The van der Waals surface area contributed by atoms with Crippen LogP contribution in [0.15, 0.2) is 41.3 Å². The van der Waals surface area contributed by atoms with Gasteiger partial charge in [-0.3, -0.25) is 9.59 Å². The first kappa shape index (κ1) is 18.7. The number of fused-ring (bicyclic) bond motifs is 1. The third-order valence-corrected chi connectivity index (χ3v) is 6.01. The molecular weight excluding hydrogens is 376 g/mol. The van der Waals surface area contributed by atoms with Gasteiger partial charge in [0.1, 0.15) is 11.5 Å². The second kappa shape index (κ2) is 7.75. The van der Waals surface area contributed by atoms with E-state index >= 15 is 0 Å². The van der Waals surface area contributed by atoms with Crippen LogP contribution in [0.4, 0.5) is 5.69 Å². The highest BCUT2D eigenvalue weighted by Gasteiger charge is 2.34. The van der Waals surface area contributed by atoms with Crippen molar-refractivity contribution in [2.45, 2.75) is 30.3 Å². The fraction of sp³-hybridized carbons (Fsp3) is 0.333. The summed E-state index contributed by atoms with van der Waals surface area (Å²) in [5, 5.41) is 2.85. The van der Waals surface area contributed by atoms with Gasteiger partial charge in [0.2, 0.25) is 5.91 Å². The molecule has 1 fully saturated rings. The van der Waals surface area contributed by atoms with Crippen molar-refractivity contribution in [1.82, 2.24) is 4.90 Å². The molecule has 0 saturated heterocycles. The molecule has 7 heteroatoms. The summed E-state index contributed by atoms with van der Waals surface area (Å²) in [5.74, 6) is 1.78. The van der Waals surface area contributed by atoms with Gasteiger partial charge in [0.05, 0.1) is 32.2 Å². The molecule has 4 rings (SSSR count). The molecular formula is C21H22N2O4S. The number of benzene rings is 2. The Balaban J connectivity index is 1.61. The van der Waals surface area contributed by atoms with E-state index in [2.05, 4.69) is 5.32 Å². The highest BCUT2D eigenvalue weighted by atomic mass is 32.2. The quantitative estimate of drug-likeness (QED) is 0.806. The zero-order valence-corrected chi connectivity index (χ0v) is 16.7. The van der Waals surface area contributed by atoms with Crippen LogP contribution in [-0.2, 0) is 11.3 Å². The summed E-state index contributed by atoms with van der Waals surface area (Å²) in [6, 6.07) is 11.4. The molecule has 1 heterocycles. The lowest BCUT2D eigenvalue weighted by Crippen LogP contribution is -2.33. The topological polar surface area (TPSA) is 67.9 Å². The van der Waals surface area contributed by atoms with E-state index in [-0.39, 0.29) is 17.9 Å². The number of ether oxygens (including phenoxy) is 2. The number of rotatable bonds is 6. The molecule has 0 unspecified atom stereocenters. The van der Waals surface area contributed by atoms with Gasteiger partial charge in [-0.2, -0.15) is 0 Å². The largest absolute Gasteiger partial charge is 0.497 e. The van der Waals surface area contributed by atoms with Crippen molar-refractivity contribution in [2.75, 3.05) is 25.3 Å². The van der Waals surface area contributed by atoms with Gasteiger partial charge in [-0.05, 0) is 49.2 Å². The van der Waals surface area contributed by atoms with Crippen molar-refractivity contribution < 1.29 is 19.1 Å². The Bertz CT molecular complexity index is 927. The number of thioether (sulfide) groups is 1. The molecule has 1 aliphatic carbocycles. The summed E-state index contributed by atoms with van der Waals surface area (Å²) in [4.78, 5) is 27.8. The van der Waals surface area contributed by atoms with E-state index < -0.39 is 0 Å². The predicted octanol–water partition coefficient (Wildman–Crippen LogP) is 3.55.